The summed E-state index contributed by atoms with van der Waals surface area (Å²) in [5, 5.41) is 2.64. The summed E-state index contributed by atoms with van der Waals surface area (Å²) >= 11 is 0. The van der Waals surface area contributed by atoms with Crippen molar-refractivity contribution in [1.29, 1.82) is 0 Å². The number of hydrogen-bond acceptors (Lipinski definition) is 7. The summed E-state index contributed by atoms with van der Waals surface area (Å²) in [5.41, 5.74) is 0. The molecule has 0 aromatic carbocycles. The topological polar surface area (TPSA) is 120 Å². The maximum atomic E-state index is 11.5. The normalized spacial score (nSPS) is 14.0. The van der Waals surface area contributed by atoms with Crippen molar-refractivity contribution in [3.8, 4) is 0 Å². The summed E-state index contributed by atoms with van der Waals surface area (Å²) in [6.45, 7) is 2.34. The molecule has 0 aromatic heterocycles. The van der Waals surface area contributed by atoms with E-state index in [4.69, 9.17) is 15.4 Å². The molecule has 0 aromatic rings. The van der Waals surface area contributed by atoms with Crippen molar-refractivity contribution in [3.63, 3.8) is 0 Å². The van der Waals surface area contributed by atoms with Crippen molar-refractivity contribution in [2.24, 2.45) is 5.90 Å². The zero-order valence-electron chi connectivity index (χ0n) is 12.3. The number of ether oxygens (including phenoxy) is 2. The Balaban J connectivity index is 1.93. The van der Waals surface area contributed by atoms with E-state index in [0.29, 0.717) is 39.6 Å². The molecule has 0 aliphatic carbocycles. The van der Waals surface area contributed by atoms with Crippen molar-refractivity contribution >= 4 is 17.7 Å². The monoisotopic (exact) mass is 315 g/mol. The highest BCUT2D eigenvalue weighted by Gasteiger charge is 2.23. The Kier molecular flexibility index (Phi) is 9.00. The molecule has 0 saturated heterocycles. The van der Waals surface area contributed by atoms with Gasteiger partial charge in [-0.25, -0.2) is 5.90 Å². The van der Waals surface area contributed by atoms with E-state index in [-0.39, 0.29) is 30.7 Å². The average Bonchev–Trinajstić information content (AvgIpc) is 2.82. The molecule has 0 atom stereocenters. The quantitative estimate of drug-likeness (QED) is 0.251. The second-order valence-electron chi connectivity index (χ2n) is 4.36. The third-order valence-electron chi connectivity index (χ3n) is 2.75. The average molecular weight is 315 g/mol. The van der Waals surface area contributed by atoms with Gasteiger partial charge in [-0.05, 0) is 0 Å². The van der Waals surface area contributed by atoms with Crippen LogP contribution in [0.15, 0.2) is 12.2 Å². The molecular formula is C13H21N3O6. The molecule has 0 spiro atoms. The molecule has 0 saturated carbocycles. The van der Waals surface area contributed by atoms with Crippen LogP contribution in [0.2, 0.25) is 0 Å². The first-order chi connectivity index (χ1) is 10.6. The number of amides is 3. The number of carbonyl (C=O) groups excluding carboxylic acids is 3. The van der Waals surface area contributed by atoms with Crippen molar-refractivity contribution in [2.75, 3.05) is 46.1 Å². The lowest BCUT2D eigenvalue weighted by Gasteiger charge is -2.13. The summed E-state index contributed by atoms with van der Waals surface area (Å²) in [5.74, 6) is 3.80. The fraction of sp³-hybridized carbons (Fsp3) is 0.615. The highest BCUT2D eigenvalue weighted by Crippen LogP contribution is 2.03. The Morgan fingerprint density at radius 1 is 1.05 bits per heavy atom. The minimum atomic E-state index is -0.388. The van der Waals surface area contributed by atoms with Gasteiger partial charge < -0.3 is 19.6 Å². The van der Waals surface area contributed by atoms with Gasteiger partial charge >= 0.3 is 0 Å². The highest BCUT2D eigenvalue weighted by molar-refractivity contribution is 6.13. The predicted octanol–water partition coefficient (Wildman–Crippen LogP) is -1.66. The first-order valence-electron chi connectivity index (χ1n) is 6.92. The lowest BCUT2D eigenvalue weighted by Crippen LogP contribution is -2.35. The van der Waals surface area contributed by atoms with Crippen molar-refractivity contribution in [3.05, 3.63) is 12.2 Å². The third kappa shape index (κ3) is 7.27. The standard InChI is InChI=1S/C13H21N3O6/c14-22-10-9-21-8-7-20-6-4-15-11(17)3-5-16-12(18)1-2-13(16)19/h1-2H,3-10,14H2,(H,15,17). The molecular weight excluding hydrogens is 294 g/mol. The van der Waals surface area contributed by atoms with Gasteiger partial charge in [0.25, 0.3) is 11.8 Å². The SMILES string of the molecule is NOCCOCCOCCNC(=O)CCN1C(=O)C=CC1=O. The molecule has 22 heavy (non-hydrogen) atoms. The summed E-state index contributed by atoms with van der Waals surface area (Å²) < 4.78 is 10.4. The molecule has 0 bridgehead atoms. The fourth-order valence-corrected chi connectivity index (χ4v) is 1.64. The number of nitrogens with zero attached hydrogens (tertiary/aromatic N) is 1. The highest BCUT2D eigenvalue weighted by atomic mass is 16.6. The van der Waals surface area contributed by atoms with Crippen LogP contribution in [0.4, 0.5) is 0 Å². The Morgan fingerprint density at radius 2 is 1.64 bits per heavy atom. The molecule has 3 amide bonds. The van der Waals surface area contributed by atoms with Crippen LogP contribution in [0.3, 0.4) is 0 Å². The number of nitrogens with one attached hydrogen (secondary N) is 1. The van der Waals surface area contributed by atoms with Gasteiger partial charge in [-0.1, -0.05) is 0 Å². The van der Waals surface area contributed by atoms with E-state index in [1.807, 2.05) is 0 Å². The zero-order chi connectivity index (χ0) is 16.2. The molecule has 0 radical (unpaired) electrons. The lowest BCUT2D eigenvalue weighted by molar-refractivity contribution is -0.137. The smallest absolute Gasteiger partial charge is 0.253 e. The van der Waals surface area contributed by atoms with Crippen molar-refractivity contribution in [2.45, 2.75) is 6.42 Å². The number of carbonyl (C=O) groups is 3. The number of nitrogens with two attached hydrogens (primary N) is 1. The number of imide groups is 1. The fourth-order valence-electron chi connectivity index (χ4n) is 1.64. The van der Waals surface area contributed by atoms with Crippen LogP contribution in [-0.4, -0.2) is 68.7 Å². The van der Waals surface area contributed by atoms with Crippen molar-refractivity contribution in [1.82, 2.24) is 10.2 Å². The van der Waals surface area contributed by atoms with Crippen LogP contribution in [0.1, 0.15) is 6.42 Å². The van der Waals surface area contributed by atoms with E-state index in [1.54, 1.807) is 0 Å². The maximum absolute atomic E-state index is 11.5. The van der Waals surface area contributed by atoms with E-state index in [2.05, 4.69) is 10.2 Å². The lowest BCUT2D eigenvalue weighted by atomic mass is 10.3. The molecule has 3 N–H and O–H groups in total. The maximum Gasteiger partial charge on any atom is 0.253 e. The van der Waals surface area contributed by atoms with Crippen LogP contribution in [0, 0.1) is 0 Å². The molecule has 1 heterocycles. The molecule has 1 rings (SSSR count). The molecule has 124 valence electrons. The molecule has 9 heteroatoms. The van der Waals surface area contributed by atoms with Crippen molar-refractivity contribution < 1.29 is 28.7 Å². The summed E-state index contributed by atoms with van der Waals surface area (Å²) in [6, 6.07) is 0. The van der Waals surface area contributed by atoms with Gasteiger partial charge in [-0.15, -0.1) is 0 Å². The Hall–Kier alpha value is -1.81. The first-order valence-corrected chi connectivity index (χ1v) is 6.92. The molecule has 0 fully saturated rings. The number of rotatable bonds is 12. The number of hydrogen-bond donors (Lipinski definition) is 2. The van der Waals surface area contributed by atoms with Crippen LogP contribution < -0.4 is 11.2 Å². The van der Waals surface area contributed by atoms with E-state index in [9.17, 15) is 14.4 Å². The van der Waals surface area contributed by atoms with E-state index < -0.39 is 0 Å². The minimum Gasteiger partial charge on any atom is -0.377 e. The summed E-state index contributed by atoms with van der Waals surface area (Å²) in [7, 11) is 0. The van der Waals surface area contributed by atoms with Gasteiger partial charge in [0.1, 0.15) is 0 Å². The van der Waals surface area contributed by atoms with Gasteiger partial charge in [-0.2, -0.15) is 0 Å². The van der Waals surface area contributed by atoms with Crippen LogP contribution in [0.25, 0.3) is 0 Å². The van der Waals surface area contributed by atoms with Crippen LogP contribution >= 0.6 is 0 Å². The van der Waals surface area contributed by atoms with Gasteiger partial charge in [0.05, 0.1) is 33.0 Å². The van der Waals surface area contributed by atoms with Gasteiger partial charge in [0, 0.05) is 31.7 Å². The Bertz CT molecular complexity index is 395. The van der Waals surface area contributed by atoms with E-state index in [0.717, 1.165) is 4.90 Å². The Labute approximate surface area is 128 Å². The minimum absolute atomic E-state index is 0.0708. The summed E-state index contributed by atoms with van der Waals surface area (Å²) in [4.78, 5) is 39.4. The largest absolute Gasteiger partial charge is 0.377 e. The molecule has 0 unspecified atom stereocenters. The van der Waals surface area contributed by atoms with E-state index >= 15 is 0 Å². The zero-order valence-corrected chi connectivity index (χ0v) is 12.3. The first kappa shape index (κ1) is 18.2. The van der Waals surface area contributed by atoms with Gasteiger partial charge in [0.2, 0.25) is 5.91 Å². The van der Waals surface area contributed by atoms with Crippen LogP contribution in [0.5, 0.6) is 0 Å². The Morgan fingerprint density at radius 3 is 2.27 bits per heavy atom. The molecule has 9 nitrogen and oxygen atoms in total. The summed E-state index contributed by atoms with van der Waals surface area (Å²) in [6.07, 6.45) is 2.45. The van der Waals surface area contributed by atoms with Gasteiger partial charge in [0.15, 0.2) is 0 Å². The third-order valence-corrected chi connectivity index (χ3v) is 2.75. The second-order valence-corrected chi connectivity index (χ2v) is 4.36. The molecule has 1 aliphatic rings. The molecule has 1 aliphatic heterocycles. The van der Waals surface area contributed by atoms with Gasteiger partial charge in [-0.3, -0.25) is 19.3 Å². The van der Waals surface area contributed by atoms with E-state index in [1.165, 1.54) is 12.2 Å². The predicted molar refractivity (Wildman–Crippen MR) is 75.3 cm³/mol. The van der Waals surface area contributed by atoms with Crippen LogP contribution in [-0.2, 0) is 28.7 Å². The second kappa shape index (κ2) is 10.9.